The number of nitrogens with two attached hydrogens (primary N) is 1. The zero-order valence-electron chi connectivity index (χ0n) is 9.57. The van der Waals surface area contributed by atoms with Gasteiger partial charge in [0.1, 0.15) is 5.82 Å². The first-order valence-corrected chi connectivity index (χ1v) is 6.03. The van der Waals surface area contributed by atoms with Gasteiger partial charge in [-0.1, -0.05) is 6.08 Å². The molecule has 0 saturated heterocycles. The van der Waals surface area contributed by atoms with Crippen LogP contribution in [0.15, 0.2) is 35.7 Å². The maximum Gasteiger partial charge on any atom is 0.233 e. The van der Waals surface area contributed by atoms with Crippen molar-refractivity contribution in [1.29, 1.82) is 0 Å². The molecule has 17 heavy (non-hydrogen) atoms. The van der Waals surface area contributed by atoms with Gasteiger partial charge in [0, 0.05) is 11.4 Å². The summed E-state index contributed by atoms with van der Waals surface area (Å²) in [5.41, 5.74) is 5.48. The highest BCUT2D eigenvalue weighted by Crippen LogP contribution is 2.25. The van der Waals surface area contributed by atoms with Crippen molar-refractivity contribution in [2.45, 2.75) is 17.1 Å². The van der Waals surface area contributed by atoms with E-state index >= 15 is 0 Å². The average molecular weight is 254 g/mol. The van der Waals surface area contributed by atoms with E-state index in [-0.39, 0.29) is 16.8 Å². The number of rotatable bonds is 5. The molecule has 3 N–H and O–H groups in total. The Labute approximate surface area is 104 Å². The lowest BCUT2D eigenvalue weighted by molar-refractivity contribution is -0.120. The molecule has 1 aromatic carbocycles. The molecule has 0 radical (unpaired) electrons. The van der Waals surface area contributed by atoms with E-state index in [9.17, 15) is 9.18 Å². The van der Waals surface area contributed by atoms with Crippen molar-refractivity contribution >= 4 is 23.4 Å². The molecule has 0 bridgehead atoms. The second kappa shape index (κ2) is 6.30. The average Bonchev–Trinajstić information content (AvgIpc) is 2.30. The zero-order valence-corrected chi connectivity index (χ0v) is 10.4. The molecular formula is C12H15FN2OS. The van der Waals surface area contributed by atoms with Gasteiger partial charge in [-0.2, -0.15) is 0 Å². The summed E-state index contributed by atoms with van der Waals surface area (Å²) in [6.45, 7) is 5.70. The molecule has 5 heteroatoms. The normalized spacial score (nSPS) is 11.9. The maximum atomic E-state index is 13.2. The van der Waals surface area contributed by atoms with E-state index in [4.69, 9.17) is 5.73 Å². The predicted octanol–water partition coefficient (Wildman–Crippen LogP) is 2.19. The largest absolute Gasteiger partial charge is 0.396 e. The Balaban J connectivity index is 2.61. The Kier molecular flexibility index (Phi) is 5.03. The van der Waals surface area contributed by atoms with Gasteiger partial charge in [0.15, 0.2) is 0 Å². The van der Waals surface area contributed by atoms with Crippen molar-refractivity contribution in [2.24, 2.45) is 0 Å². The number of hydrogen-bond donors (Lipinski definition) is 2. The molecule has 0 heterocycles. The third kappa shape index (κ3) is 4.11. The SMILES string of the molecule is C=CCNC(=O)C(C)Sc1ccc(N)c(F)c1. The molecule has 1 amide bonds. The summed E-state index contributed by atoms with van der Waals surface area (Å²) in [6, 6.07) is 4.52. The molecule has 0 spiro atoms. The minimum atomic E-state index is -0.464. The van der Waals surface area contributed by atoms with Crippen LogP contribution in [0.4, 0.5) is 10.1 Å². The topological polar surface area (TPSA) is 55.1 Å². The molecule has 0 aliphatic rings. The number of carbonyl (C=O) groups excluding carboxylic acids is 1. The number of carbonyl (C=O) groups is 1. The third-order valence-electron chi connectivity index (χ3n) is 2.07. The lowest BCUT2D eigenvalue weighted by atomic mass is 10.3. The number of nitrogens with one attached hydrogen (secondary N) is 1. The second-order valence-corrected chi connectivity index (χ2v) is 4.89. The monoisotopic (exact) mass is 254 g/mol. The van der Waals surface area contributed by atoms with Gasteiger partial charge in [-0.25, -0.2) is 4.39 Å². The summed E-state index contributed by atoms with van der Waals surface area (Å²) < 4.78 is 13.2. The molecule has 0 aromatic heterocycles. The van der Waals surface area contributed by atoms with E-state index in [2.05, 4.69) is 11.9 Å². The summed E-state index contributed by atoms with van der Waals surface area (Å²) in [4.78, 5) is 12.2. The standard InChI is InChI=1S/C12H15FN2OS/c1-3-6-15-12(16)8(2)17-9-4-5-11(14)10(13)7-9/h3-5,7-8H,1,6,14H2,2H3,(H,15,16). The van der Waals surface area contributed by atoms with Crippen LogP contribution < -0.4 is 11.1 Å². The fourth-order valence-electron chi connectivity index (χ4n) is 1.16. The van der Waals surface area contributed by atoms with Crippen molar-refractivity contribution in [3.63, 3.8) is 0 Å². The first-order chi connectivity index (χ1) is 8.04. The zero-order chi connectivity index (χ0) is 12.8. The van der Waals surface area contributed by atoms with E-state index in [0.717, 1.165) is 0 Å². The minimum absolute atomic E-state index is 0.105. The van der Waals surface area contributed by atoms with E-state index in [1.807, 2.05) is 0 Å². The molecule has 3 nitrogen and oxygen atoms in total. The van der Waals surface area contributed by atoms with Crippen LogP contribution in [0.3, 0.4) is 0 Å². The molecule has 1 aromatic rings. The quantitative estimate of drug-likeness (QED) is 0.481. The van der Waals surface area contributed by atoms with Crippen molar-refractivity contribution in [3.8, 4) is 0 Å². The lowest BCUT2D eigenvalue weighted by Gasteiger charge is -2.11. The fourth-order valence-corrected chi connectivity index (χ4v) is 2.07. The van der Waals surface area contributed by atoms with E-state index in [1.165, 1.54) is 23.9 Å². The third-order valence-corrected chi connectivity index (χ3v) is 3.17. The Bertz CT molecular complexity index is 423. The van der Waals surface area contributed by atoms with E-state index in [0.29, 0.717) is 11.4 Å². The van der Waals surface area contributed by atoms with Gasteiger partial charge in [0.25, 0.3) is 0 Å². The number of anilines is 1. The summed E-state index contributed by atoms with van der Waals surface area (Å²) >= 11 is 1.28. The number of benzene rings is 1. The number of nitrogen functional groups attached to an aromatic ring is 1. The predicted molar refractivity (Wildman–Crippen MR) is 69.3 cm³/mol. The van der Waals surface area contributed by atoms with Crippen LogP contribution in [0.1, 0.15) is 6.92 Å². The Morgan fingerprint density at radius 1 is 1.71 bits per heavy atom. The Hall–Kier alpha value is -1.49. The smallest absolute Gasteiger partial charge is 0.233 e. The van der Waals surface area contributed by atoms with E-state index < -0.39 is 5.82 Å². The molecule has 92 valence electrons. The molecule has 0 fully saturated rings. The highest BCUT2D eigenvalue weighted by molar-refractivity contribution is 8.00. The molecular weight excluding hydrogens is 239 g/mol. The number of amides is 1. The second-order valence-electron chi connectivity index (χ2n) is 3.48. The van der Waals surface area contributed by atoms with Gasteiger partial charge in [-0.05, 0) is 25.1 Å². The first-order valence-electron chi connectivity index (χ1n) is 5.15. The van der Waals surface area contributed by atoms with Crippen LogP contribution in [0.25, 0.3) is 0 Å². The van der Waals surface area contributed by atoms with Crippen LogP contribution >= 0.6 is 11.8 Å². The summed E-state index contributed by atoms with van der Waals surface area (Å²) in [5, 5.41) is 2.39. The van der Waals surface area contributed by atoms with Crippen LogP contribution in [-0.4, -0.2) is 17.7 Å². The fraction of sp³-hybridized carbons (Fsp3) is 0.250. The van der Waals surface area contributed by atoms with Crippen LogP contribution in [0.5, 0.6) is 0 Å². The molecule has 1 rings (SSSR count). The number of hydrogen-bond acceptors (Lipinski definition) is 3. The minimum Gasteiger partial charge on any atom is -0.396 e. The first kappa shape index (κ1) is 13.6. The summed E-state index contributed by atoms with van der Waals surface area (Å²) in [7, 11) is 0. The van der Waals surface area contributed by atoms with Gasteiger partial charge >= 0.3 is 0 Å². The maximum absolute atomic E-state index is 13.2. The van der Waals surface area contributed by atoms with Gasteiger partial charge in [0.2, 0.25) is 5.91 Å². The lowest BCUT2D eigenvalue weighted by Crippen LogP contribution is -2.30. The van der Waals surface area contributed by atoms with Crippen molar-refractivity contribution in [2.75, 3.05) is 12.3 Å². The van der Waals surface area contributed by atoms with Gasteiger partial charge in [0.05, 0.1) is 10.9 Å². The van der Waals surface area contributed by atoms with Crippen molar-refractivity contribution in [3.05, 3.63) is 36.7 Å². The van der Waals surface area contributed by atoms with Gasteiger partial charge < -0.3 is 11.1 Å². The van der Waals surface area contributed by atoms with Crippen LogP contribution in [0.2, 0.25) is 0 Å². The highest BCUT2D eigenvalue weighted by atomic mass is 32.2. The number of thioether (sulfide) groups is 1. The molecule has 1 atom stereocenters. The van der Waals surface area contributed by atoms with E-state index in [1.54, 1.807) is 19.1 Å². The highest BCUT2D eigenvalue weighted by Gasteiger charge is 2.13. The molecule has 1 unspecified atom stereocenters. The number of halogens is 1. The molecule has 0 aliphatic heterocycles. The van der Waals surface area contributed by atoms with Crippen LogP contribution in [-0.2, 0) is 4.79 Å². The Morgan fingerprint density at radius 3 is 3.00 bits per heavy atom. The van der Waals surface area contributed by atoms with Crippen molar-refractivity contribution in [1.82, 2.24) is 5.32 Å². The van der Waals surface area contributed by atoms with Gasteiger partial charge in [-0.3, -0.25) is 4.79 Å². The van der Waals surface area contributed by atoms with Crippen LogP contribution in [0, 0.1) is 5.82 Å². The molecule has 0 aliphatic carbocycles. The van der Waals surface area contributed by atoms with Gasteiger partial charge in [-0.15, -0.1) is 18.3 Å². The Morgan fingerprint density at radius 2 is 2.41 bits per heavy atom. The molecule has 0 saturated carbocycles. The summed E-state index contributed by atoms with van der Waals surface area (Å²) in [6.07, 6.45) is 1.61. The van der Waals surface area contributed by atoms with Crippen molar-refractivity contribution < 1.29 is 9.18 Å². The summed E-state index contributed by atoms with van der Waals surface area (Å²) in [5.74, 6) is -0.569.